The lowest BCUT2D eigenvalue weighted by atomic mass is 9.87. The number of hydrogen-bond acceptors (Lipinski definition) is 7. The van der Waals surface area contributed by atoms with Crippen LogP contribution in [0.15, 0.2) is 0 Å². The summed E-state index contributed by atoms with van der Waals surface area (Å²) in [6.07, 6.45) is -8.22. The van der Waals surface area contributed by atoms with E-state index in [1.54, 1.807) is 0 Å². The van der Waals surface area contributed by atoms with Gasteiger partial charge in [0.25, 0.3) is 0 Å². The minimum Gasteiger partial charge on any atom is -0.477 e. The number of carboxylic acids is 1. The Bertz CT molecular complexity index is 345. The Morgan fingerprint density at radius 2 is 1.89 bits per heavy atom. The van der Waals surface area contributed by atoms with E-state index in [-0.39, 0.29) is 0 Å². The van der Waals surface area contributed by atoms with E-state index >= 15 is 0 Å². The molecular formula is C9H16F2N2O6. The number of carbonyl (C=O) groups is 1. The third-order valence-corrected chi connectivity index (χ3v) is 3.03. The van der Waals surface area contributed by atoms with Crippen LogP contribution in [-0.2, 0) is 9.53 Å². The molecule has 0 spiro atoms. The van der Waals surface area contributed by atoms with Crippen LogP contribution in [-0.4, -0.2) is 75.4 Å². The van der Waals surface area contributed by atoms with Gasteiger partial charge in [-0.25, -0.2) is 9.18 Å². The van der Waals surface area contributed by atoms with Crippen LogP contribution in [0, 0.1) is 0 Å². The second-order valence-corrected chi connectivity index (χ2v) is 4.33. The van der Waals surface area contributed by atoms with Crippen molar-refractivity contribution in [3.8, 4) is 0 Å². The molecule has 0 bridgehead atoms. The van der Waals surface area contributed by atoms with Crippen molar-refractivity contribution in [3.05, 3.63) is 0 Å². The predicted octanol–water partition coefficient (Wildman–Crippen LogP) is -3.16. The molecule has 0 aliphatic carbocycles. The second-order valence-electron chi connectivity index (χ2n) is 4.33. The first-order valence-corrected chi connectivity index (χ1v) is 5.39. The van der Waals surface area contributed by atoms with E-state index in [1.807, 2.05) is 0 Å². The summed E-state index contributed by atoms with van der Waals surface area (Å²) in [5.41, 5.74) is 10.7. The summed E-state index contributed by atoms with van der Waals surface area (Å²) < 4.78 is 31.8. The molecule has 1 aliphatic rings. The molecule has 8 nitrogen and oxygen atoms in total. The van der Waals surface area contributed by atoms with Crippen LogP contribution >= 0.6 is 0 Å². The van der Waals surface area contributed by atoms with Crippen molar-refractivity contribution in [1.29, 1.82) is 0 Å². The summed E-state index contributed by atoms with van der Waals surface area (Å²) in [6, 6.07) is -3.23. The van der Waals surface area contributed by atoms with Crippen molar-refractivity contribution in [3.63, 3.8) is 0 Å². The van der Waals surface area contributed by atoms with Crippen LogP contribution in [0.3, 0.4) is 0 Å². The van der Waals surface area contributed by atoms with E-state index in [0.29, 0.717) is 0 Å². The lowest BCUT2D eigenvalue weighted by Crippen LogP contribution is -2.72. The Labute approximate surface area is 106 Å². The largest absolute Gasteiger partial charge is 0.477 e. The SMILES string of the molecule is NC1[C@@H](N)C([C@H](O)[C@H](O)CO)O[C@@](F)(C(=O)O)[C@H]1F. The summed E-state index contributed by atoms with van der Waals surface area (Å²) >= 11 is 0. The number of hydrogen-bond donors (Lipinski definition) is 6. The first-order valence-electron chi connectivity index (χ1n) is 5.39. The molecule has 19 heavy (non-hydrogen) atoms. The number of nitrogens with two attached hydrogens (primary N) is 2. The van der Waals surface area contributed by atoms with Crippen molar-refractivity contribution in [2.75, 3.05) is 6.61 Å². The van der Waals surface area contributed by atoms with Crippen LogP contribution in [0.1, 0.15) is 0 Å². The number of aliphatic hydroxyl groups is 3. The van der Waals surface area contributed by atoms with Crippen molar-refractivity contribution in [1.82, 2.24) is 0 Å². The maximum absolute atomic E-state index is 13.9. The van der Waals surface area contributed by atoms with Gasteiger partial charge in [-0.15, -0.1) is 0 Å². The average Bonchev–Trinajstić information content (AvgIpc) is 2.38. The molecule has 0 aromatic rings. The molecule has 1 rings (SSSR count). The van der Waals surface area contributed by atoms with Crippen molar-refractivity contribution in [2.24, 2.45) is 11.5 Å². The van der Waals surface area contributed by atoms with Gasteiger partial charge in [-0.2, -0.15) is 4.39 Å². The summed E-state index contributed by atoms with van der Waals surface area (Å²) in [4.78, 5) is 10.7. The van der Waals surface area contributed by atoms with E-state index in [4.69, 9.17) is 21.7 Å². The van der Waals surface area contributed by atoms with Gasteiger partial charge >= 0.3 is 11.8 Å². The summed E-state index contributed by atoms with van der Waals surface area (Å²) in [7, 11) is 0. The van der Waals surface area contributed by atoms with E-state index in [2.05, 4.69) is 4.74 Å². The van der Waals surface area contributed by atoms with Gasteiger partial charge in [0.05, 0.1) is 18.7 Å². The fraction of sp³-hybridized carbons (Fsp3) is 0.889. The summed E-state index contributed by atoms with van der Waals surface area (Å²) in [5, 5.41) is 36.1. The van der Waals surface area contributed by atoms with E-state index in [1.165, 1.54) is 0 Å². The number of carboxylic acid groups (broad SMARTS) is 1. The summed E-state index contributed by atoms with van der Waals surface area (Å²) in [5.74, 6) is -6.05. The highest BCUT2D eigenvalue weighted by molar-refractivity contribution is 5.76. The van der Waals surface area contributed by atoms with Gasteiger partial charge in [-0.05, 0) is 0 Å². The lowest BCUT2D eigenvalue weighted by molar-refractivity contribution is -0.274. The molecule has 0 radical (unpaired) electrons. The van der Waals surface area contributed by atoms with E-state index in [0.717, 1.165) is 0 Å². The number of aliphatic carboxylic acids is 1. The first kappa shape index (κ1) is 16.1. The quantitative estimate of drug-likeness (QED) is 0.316. The number of rotatable bonds is 4. The topological polar surface area (TPSA) is 159 Å². The number of aliphatic hydroxyl groups excluding tert-OH is 3. The normalized spacial score (nSPS) is 42.7. The molecule has 1 heterocycles. The van der Waals surface area contributed by atoms with Crippen LogP contribution in [0.4, 0.5) is 8.78 Å². The molecule has 8 N–H and O–H groups in total. The second kappa shape index (κ2) is 5.61. The standard InChI is InChI=1S/C9H16F2N2O6/c10-7-4(13)3(12)6(5(16)2(15)1-14)19-9(7,11)8(17)18/h2-7,14-16H,1,12-13H2,(H,17,18)/t2-,3-,4?,5-,6?,7+,9-/m1/s1. The number of ether oxygens (including phenoxy) is 1. The van der Waals surface area contributed by atoms with Crippen molar-refractivity contribution < 1.29 is 38.7 Å². The van der Waals surface area contributed by atoms with Crippen LogP contribution in [0.2, 0.25) is 0 Å². The van der Waals surface area contributed by atoms with Crippen LogP contribution in [0.25, 0.3) is 0 Å². The third kappa shape index (κ3) is 2.68. The fourth-order valence-electron chi connectivity index (χ4n) is 1.80. The van der Waals surface area contributed by atoms with Gasteiger partial charge in [-0.1, -0.05) is 0 Å². The molecule has 10 heteroatoms. The molecule has 1 fully saturated rings. The molecule has 0 amide bonds. The molecule has 0 aromatic heterocycles. The Hall–Kier alpha value is -0.910. The Morgan fingerprint density at radius 1 is 1.37 bits per heavy atom. The monoisotopic (exact) mass is 286 g/mol. The van der Waals surface area contributed by atoms with Gasteiger partial charge < -0.3 is 36.6 Å². The average molecular weight is 286 g/mol. The third-order valence-electron chi connectivity index (χ3n) is 3.03. The zero-order valence-corrected chi connectivity index (χ0v) is 9.69. The molecule has 1 saturated heterocycles. The number of halogens is 2. The van der Waals surface area contributed by atoms with Gasteiger partial charge in [0.15, 0.2) is 6.17 Å². The van der Waals surface area contributed by atoms with E-state index < -0.39 is 55.0 Å². The van der Waals surface area contributed by atoms with Gasteiger partial charge in [0.1, 0.15) is 18.3 Å². The van der Waals surface area contributed by atoms with Crippen molar-refractivity contribution >= 4 is 5.97 Å². The molecule has 0 saturated carbocycles. The highest BCUT2D eigenvalue weighted by Crippen LogP contribution is 2.34. The number of alkyl halides is 2. The maximum atomic E-state index is 13.9. The molecule has 0 aromatic carbocycles. The molecular weight excluding hydrogens is 270 g/mol. The Kier molecular flexibility index (Phi) is 4.76. The molecule has 112 valence electrons. The van der Waals surface area contributed by atoms with Crippen molar-refractivity contribution in [2.45, 2.75) is 42.4 Å². The lowest BCUT2D eigenvalue weighted by Gasteiger charge is -2.44. The summed E-state index contributed by atoms with van der Waals surface area (Å²) in [6.45, 7) is -0.908. The van der Waals surface area contributed by atoms with Crippen LogP contribution < -0.4 is 11.5 Å². The molecule has 1 aliphatic heterocycles. The zero-order valence-electron chi connectivity index (χ0n) is 9.69. The Balaban J connectivity index is 3.04. The van der Waals surface area contributed by atoms with Gasteiger partial charge in [0.2, 0.25) is 0 Å². The van der Waals surface area contributed by atoms with Crippen LogP contribution in [0.5, 0.6) is 0 Å². The highest BCUT2D eigenvalue weighted by atomic mass is 19.2. The van der Waals surface area contributed by atoms with Gasteiger partial charge in [-0.3, -0.25) is 0 Å². The fourth-order valence-corrected chi connectivity index (χ4v) is 1.80. The molecule has 7 atom stereocenters. The first-order chi connectivity index (χ1) is 8.66. The maximum Gasteiger partial charge on any atom is 0.372 e. The minimum atomic E-state index is -3.78. The predicted molar refractivity (Wildman–Crippen MR) is 56.3 cm³/mol. The minimum absolute atomic E-state index is 0.908. The Morgan fingerprint density at radius 3 is 2.32 bits per heavy atom. The smallest absolute Gasteiger partial charge is 0.372 e. The molecule has 2 unspecified atom stereocenters. The zero-order chi connectivity index (χ0) is 15.0. The van der Waals surface area contributed by atoms with Gasteiger partial charge in [0, 0.05) is 0 Å². The highest BCUT2D eigenvalue weighted by Gasteiger charge is 2.61. The van der Waals surface area contributed by atoms with E-state index in [9.17, 15) is 23.8 Å².